The summed E-state index contributed by atoms with van der Waals surface area (Å²) in [7, 11) is 0. The molecule has 0 bridgehead atoms. The lowest BCUT2D eigenvalue weighted by atomic mass is 9.92. The molecule has 2 aliphatic rings. The van der Waals surface area contributed by atoms with E-state index in [1.807, 2.05) is 0 Å². The maximum atomic E-state index is 12.3. The predicted molar refractivity (Wildman–Crippen MR) is 108 cm³/mol. The van der Waals surface area contributed by atoms with Crippen LogP contribution in [0.15, 0.2) is 35.4 Å². The van der Waals surface area contributed by atoms with Gasteiger partial charge in [0.1, 0.15) is 0 Å². The standard InChI is InChI=1S/C24H30O2/c25-23-11-7-3-1-5-9-21(23)17-19-13-15-20(16-14-19)18-22-10-6-2-4-8-12-24(22)26/h13-18H,1-12H2/b21-17-,22-18-. The van der Waals surface area contributed by atoms with Gasteiger partial charge in [0.15, 0.2) is 11.6 Å². The summed E-state index contributed by atoms with van der Waals surface area (Å²) < 4.78 is 0. The molecule has 3 rings (SSSR count). The Labute approximate surface area is 157 Å². The third-order valence-corrected chi connectivity index (χ3v) is 5.53. The average molecular weight is 351 g/mol. The summed E-state index contributed by atoms with van der Waals surface area (Å²) in [4.78, 5) is 24.6. The Morgan fingerprint density at radius 3 is 1.23 bits per heavy atom. The van der Waals surface area contributed by atoms with E-state index in [0.29, 0.717) is 24.4 Å². The predicted octanol–water partition coefficient (Wildman–Crippen LogP) is 6.30. The van der Waals surface area contributed by atoms with Gasteiger partial charge in [-0.1, -0.05) is 49.9 Å². The van der Waals surface area contributed by atoms with Crippen molar-refractivity contribution >= 4 is 23.7 Å². The fourth-order valence-electron chi connectivity index (χ4n) is 3.91. The van der Waals surface area contributed by atoms with Gasteiger partial charge in [0.25, 0.3) is 0 Å². The van der Waals surface area contributed by atoms with E-state index in [1.54, 1.807) is 0 Å². The van der Waals surface area contributed by atoms with E-state index in [9.17, 15) is 9.59 Å². The molecule has 2 heteroatoms. The summed E-state index contributed by atoms with van der Waals surface area (Å²) in [5.74, 6) is 0.632. The first-order valence-electron chi connectivity index (χ1n) is 10.3. The maximum Gasteiger partial charge on any atom is 0.158 e. The Morgan fingerprint density at radius 2 is 0.846 bits per heavy atom. The Kier molecular flexibility index (Phi) is 6.99. The van der Waals surface area contributed by atoms with E-state index < -0.39 is 0 Å². The average Bonchev–Trinajstić information content (AvgIpc) is 2.62. The minimum atomic E-state index is 0.316. The molecule has 0 N–H and O–H groups in total. The summed E-state index contributed by atoms with van der Waals surface area (Å²) in [6.07, 6.45) is 16.4. The molecular formula is C24H30O2. The Morgan fingerprint density at radius 1 is 0.500 bits per heavy atom. The van der Waals surface area contributed by atoms with Gasteiger partial charge >= 0.3 is 0 Å². The van der Waals surface area contributed by atoms with E-state index >= 15 is 0 Å². The summed E-state index contributed by atoms with van der Waals surface area (Å²) in [6, 6.07) is 8.27. The fourth-order valence-corrected chi connectivity index (χ4v) is 3.91. The zero-order chi connectivity index (χ0) is 18.2. The highest BCUT2D eigenvalue weighted by Crippen LogP contribution is 2.23. The Hall–Kier alpha value is -1.96. The first-order valence-corrected chi connectivity index (χ1v) is 10.3. The van der Waals surface area contributed by atoms with Crippen molar-refractivity contribution in [2.75, 3.05) is 0 Å². The summed E-state index contributed by atoms with van der Waals surface area (Å²) in [5.41, 5.74) is 4.12. The van der Waals surface area contributed by atoms with Crippen molar-refractivity contribution in [2.24, 2.45) is 0 Å². The van der Waals surface area contributed by atoms with Gasteiger partial charge in [-0.25, -0.2) is 0 Å². The number of rotatable bonds is 2. The van der Waals surface area contributed by atoms with E-state index in [-0.39, 0.29) is 0 Å². The van der Waals surface area contributed by atoms with Crippen LogP contribution in [0.5, 0.6) is 0 Å². The maximum absolute atomic E-state index is 12.3. The third-order valence-electron chi connectivity index (χ3n) is 5.53. The van der Waals surface area contributed by atoms with Crippen LogP contribution in [0.3, 0.4) is 0 Å². The Bertz CT molecular complexity index is 630. The van der Waals surface area contributed by atoms with Crippen LogP contribution in [-0.2, 0) is 9.59 Å². The largest absolute Gasteiger partial charge is 0.295 e. The highest BCUT2D eigenvalue weighted by molar-refractivity contribution is 6.00. The van der Waals surface area contributed by atoms with Gasteiger partial charge in [0.05, 0.1) is 0 Å². The van der Waals surface area contributed by atoms with Gasteiger partial charge < -0.3 is 0 Å². The summed E-state index contributed by atoms with van der Waals surface area (Å²) in [6.45, 7) is 0. The van der Waals surface area contributed by atoms with Gasteiger partial charge in [0.2, 0.25) is 0 Å². The molecule has 138 valence electrons. The summed E-state index contributed by atoms with van der Waals surface area (Å²) in [5, 5.41) is 0. The van der Waals surface area contributed by atoms with E-state index in [4.69, 9.17) is 0 Å². The molecule has 1 aromatic carbocycles. The van der Waals surface area contributed by atoms with Crippen molar-refractivity contribution in [2.45, 2.75) is 77.0 Å². The Balaban J connectivity index is 1.73. The quantitative estimate of drug-likeness (QED) is 0.587. The van der Waals surface area contributed by atoms with Crippen molar-refractivity contribution in [3.05, 3.63) is 46.5 Å². The number of ketones is 2. The van der Waals surface area contributed by atoms with Crippen molar-refractivity contribution in [1.82, 2.24) is 0 Å². The van der Waals surface area contributed by atoms with Crippen LogP contribution >= 0.6 is 0 Å². The van der Waals surface area contributed by atoms with Crippen LogP contribution in [0.25, 0.3) is 12.2 Å². The van der Waals surface area contributed by atoms with Crippen LogP contribution in [-0.4, -0.2) is 11.6 Å². The number of hydrogen-bond donors (Lipinski definition) is 0. The van der Waals surface area contributed by atoms with Crippen molar-refractivity contribution < 1.29 is 9.59 Å². The summed E-state index contributed by atoms with van der Waals surface area (Å²) >= 11 is 0. The van der Waals surface area contributed by atoms with Gasteiger partial charge in [-0.15, -0.1) is 0 Å². The van der Waals surface area contributed by atoms with E-state index in [2.05, 4.69) is 36.4 Å². The molecule has 0 aromatic heterocycles. The van der Waals surface area contributed by atoms with Crippen LogP contribution in [0.1, 0.15) is 88.2 Å². The van der Waals surface area contributed by atoms with Gasteiger partial charge in [-0.3, -0.25) is 9.59 Å². The zero-order valence-electron chi connectivity index (χ0n) is 15.8. The van der Waals surface area contributed by atoms with E-state index in [1.165, 1.54) is 25.7 Å². The number of carbonyl (C=O) groups is 2. The monoisotopic (exact) mass is 350 g/mol. The highest BCUT2D eigenvalue weighted by Gasteiger charge is 2.13. The fraction of sp³-hybridized carbons (Fsp3) is 0.500. The minimum Gasteiger partial charge on any atom is -0.295 e. The molecule has 0 aliphatic heterocycles. The first kappa shape index (κ1) is 18.8. The molecule has 0 radical (unpaired) electrons. The van der Waals surface area contributed by atoms with Crippen LogP contribution < -0.4 is 0 Å². The molecule has 2 fully saturated rings. The molecule has 26 heavy (non-hydrogen) atoms. The zero-order valence-corrected chi connectivity index (χ0v) is 15.8. The number of allylic oxidation sites excluding steroid dienone is 2. The molecule has 0 atom stereocenters. The van der Waals surface area contributed by atoms with Gasteiger partial charge in [-0.2, -0.15) is 0 Å². The lowest BCUT2D eigenvalue weighted by molar-refractivity contribution is -0.116. The van der Waals surface area contributed by atoms with E-state index in [0.717, 1.165) is 60.8 Å². The first-order chi connectivity index (χ1) is 12.7. The molecular weight excluding hydrogens is 320 g/mol. The molecule has 0 amide bonds. The smallest absolute Gasteiger partial charge is 0.158 e. The van der Waals surface area contributed by atoms with Crippen molar-refractivity contribution in [3.63, 3.8) is 0 Å². The molecule has 2 saturated carbocycles. The van der Waals surface area contributed by atoms with Crippen molar-refractivity contribution in [3.8, 4) is 0 Å². The van der Waals surface area contributed by atoms with Gasteiger partial charge in [-0.05, 0) is 73.0 Å². The SMILES string of the molecule is O=C1CCCCCC/C1=C/c1ccc(/C=C2/CCCCCCC2=O)cc1. The lowest BCUT2D eigenvalue weighted by Gasteiger charge is -2.12. The number of hydrogen-bond acceptors (Lipinski definition) is 2. The second-order valence-electron chi connectivity index (χ2n) is 7.68. The molecule has 2 nitrogen and oxygen atoms in total. The molecule has 2 aliphatic carbocycles. The molecule has 0 unspecified atom stereocenters. The molecule has 0 spiro atoms. The van der Waals surface area contributed by atoms with Crippen LogP contribution in [0, 0.1) is 0 Å². The third kappa shape index (κ3) is 5.52. The topological polar surface area (TPSA) is 34.1 Å². The van der Waals surface area contributed by atoms with Crippen LogP contribution in [0.4, 0.5) is 0 Å². The number of carbonyl (C=O) groups excluding carboxylic acids is 2. The normalized spacial score (nSPS) is 23.4. The molecule has 0 heterocycles. The van der Waals surface area contributed by atoms with Crippen molar-refractivity contribution in [1.29, 1.82) is 0 Å². The van der Waals surface area contributed by atoms with Gasteiger partial charge in [0, 0.05) is 12.8 Å². The van der Waals surface area contributed by atoms with Crippen LogP contribution in [0.2, 0.25) is 0 Å². The second kappa shape index (κ2) is 9.66. The number of benzene rings is 1. The highest BCUT2D eigenvalue weighted by atomic mass is 16.1. The number of Topliss-reactive ketones (excluding diaryl/α,β-unsaturated/α-hetero) is 2. The minimum absolute atomic E-state index is 0.316. The molecule has 1 aromatic rings. The molecule has 0 saturated heterocycles. The second-order valence-corrected chi connectivity index (χ2v) is 7.68. The lowest BCUT2D eigenvalue weighted by Crippen LogP contribution is -2.05.